The maximum Gasteiger partial charge on any atom is 0.154 e. The fraction of sp³-hybridized carbons (Fsp3) is 0.667. The Morgan fingerprint density at radius 3 is 2.83 bits per heavy atom. The first kappa shape index (κ1) is 16.2. The SMILES string of the molecule is CCCCN(C)CC1CCN(c2nccn3nc(C)cc23)CC1. The molecule has 0 atom stereocenters. The highest BCUT2D eigenvalue weighted by molar-refractivity contribution is 5.69. The first-order valence-electron chi connectivity index (χ1n) is 8.92. The van der Waals surface area contributed by atoms with Gasteiger partial charge in [-0.2, -0.15) is 5.10 Å². The van der Waals surface area contributed by atoms with Crippen molar-refractivity contribution in [3.8, 4) is 0 Å². The lowest BCUT2D eigenvalue weighted by molar-refractivity contribution is 0.246. The van der Waals surface area contributed by atoms with Gasteiger partial charge in [0.05, 0.1) is 5.69 Å². The Balaban J connectivity index is 1.60. The molecule has 5 nitrogen and oxygen atoms in total. The van der Waals surface area contributed by atoms with E-state index in [2.05, 4.69) is 39.9 Å². The summed E-state index contributed by atoms with van der Waals surface area (Å²) >= 11 is 0. The monoisotopic (exact) mass is 315 g/mol. The van der Waals surface area contributed by atoms with Gasteiger partial charge < -0.3 is 9.80 Å². The lowest BCUT2D eigenvalue weighted by Crippen LogP contribution is -2.38. The fourth-order valence-corrected chi connectivity index (χ4v) is 3.56. The van der Waals surface area contributed by atoms with Gasteiger partial charge in [-0.1, -0.05) is 13.3 Å². The first-order valence-corrected chi connectivity index (χ1v) is 8.92. The number of rotatable bonds is 6. The molecule has 0 N–H and O–H groups in total. The zero-order valence-electron chi connectivity index (χ0n) is 14.7. The van der Waals surface area contributed by atoms with Crippen molar-refractivity contribution >= 4 is 11.3 Å². The Bertz CT molecular complexity index is 627. The summed E-state index contributed by atoms with van der Waals surface area (Å²) < 4.78 is 1.95. The predicted molar refractivity (Wildman–Crippen MR) is 95.1 cm³/mol. The van der Waals surface area contributed by atoms with Crippen molar-refractivity contribution in [2.75, 3.05) is 38.1 Å². The summed E-state index contributed by atoms with van der Waals surface area (Å²) in [7, 11) is 2.26. The molecular formula is C18H29N5. The molecule has 0 aromatic carbocycles. The molecule has 0 radical (unpaired) electrons. The molecule has 0 saturated carbocycles. The summed E-state index contributed by atoms with van der Waals surface area (Å²) in [6.45, 7) is 8.96. The summed E-state index contributed by atoms with van der Waals surface area (Å²) in [5.41, 5.74) is 2.18. The van der Waals surface area contributed by atoms with Crippen LogP contribution in [-0.4, -0.2) is 52.7 Å². The minimum absolute atomic E-state index is 0.819. The first-order chi connectivity index (χ1) is 11.2. The number of anilines is 1. The van der Waals surface area contributed by atoms with Gasteiger partial charge in [0.25, 0.3) is 0 Å². The van der Waals surface area contributed by atoms with Crippen LogP contribution >= 0.6 is 0 Å². The van der Waals surface area contributed by atoms with E-state index in [-0.39, 0.29) is 0 Å². The molecule has 3 rings (SSSR count). The van der Waals surface area contributed by atoms with Crippen molar-refractivity contribution in [3.63, 3.8) is 0 Å². The van der Waals surface area contributed by atoms with Gasteiger partial charge in [-0.05, 0) is 51.8 Å². The zero-order chi connectivity index (χ0) is 16.2. The quantitative estimate of drug-likeness (QED) is 0.821. The number of aryl methyl sites for hydroxylation is 1. The summed E-state index contributed by atoms with van der Waals surface area (Å²) in [6.07, 6.45) is 8.89. The molecule has 2 aromatic rings. The minimum atomic E-state index is 0.819. The van der Waals surface area contributed by atoms with Gasteiger partial charge in [0.15, 0.2) is 5.82 Å². The van der Waals surface area contributed by atoms with E-state index in [1.807, 2.05) is 23.8 Å². The van der Waals surface area contributed by atoms with Crippen LogP contribution in [0, 0.1) is 12.8 Å². The van der Waals surface area contributed by atoms with Crippen LogP contribution in [-0.2, 0) is 0 Å². The second-order valence-corrected chi connectivity index (χ2v) is 6.91. The van der Waals surface area contributed by atoms with Gasteiger partial charge in [-0.25, -0.2) is 9.50 Å². The van der Waals surface area contributed by atoms with E-state index < -0.39 is 0 Å². The number of fused-ring (bicyclic) bond motifs is 1. The zero-order valence-corrected chi connectivity index (χ0v) is 14.7. The van der Waals surface area contributed by atoms with Gasteiger partial charge in [0.1, 0.15) is 5.52 Å². The average Bonchev–Trinajstić information content (AvgIpc) is 2.94. The molecule has 0 amide bonds. The van der Waals surface area contributed by atoms with Crippen molar-refractivity contribution in [1.82, 2.24) is 19.5 Å². The molecule has 0 spiro atoms. The average molecular weight is 315 g/mol. The standard InChI is InChI=1S/C18H29N5/c1-4-5-9-21(3)14-16-6-10-22(11-7-16)18-17-13-15(2)20-23(17)12-8-19-18/h8,12-13,16H,4-7,9-11,14H2,1-3H3. The third kappa shape index (κ3) is 3.83. The molecule has 5 heteroatoms. The van der Waals surface area contributed by atoms with Crippen LogP contribution < -0.4 is 4.90 Å². The molecule has 0 aliphatic carbocycles. The maximum absolute atomic E-state index is 4.63. The third-order valence-electron chi connectivity index (χ3n) is 4.87. The van der Waals surface area contributed by atoms with Crippen LogP contribution in [0.15, 0.2) is 18.5 Å². The van der Waals surface area contributed by atoms with Crippen molar-refractivity contribution in [2.24, 2.45) is 5.92 Å². The topological polar surface area (TPSA) is 36.7 Å². The maximum atomic E-state index is 4.63. The number of unbranched alkanes of at least 4 members (excludes halogenated alkanes) is 1. The predicted octanol–water partition coefficient (Wildman–Crippen LogP) is 2.99. The van der Waals surface area contributed by atoms with Crippen LogP contribution in [0.3, 0.4) is 0 Å². The molecule has 1 saturated heterocycles. The fourth-order valence-electron chi connectivity index (χ4n) is 3.56. The Morgan fingerprint density at radius 1 is 1.30 bits per heavy atom. The van der Waals surface area contributed by atoms with E-state index in [1.54, 1.807) is 0 Å². The Labute approximate surface area is 139 Å². The second-order valence-electron chi connectivity index (χ2n) is 6.91. The van der Waals surface area contributed by atoms with E-state index in [0.717, 1.165) is 36.0 Å². The van der Waals surface area contributed by atoms with E-state index in [4.69, 9.17) is 0 Å². The van der Waals surface area contributed by atoms with Gasteiger partial charge in [0.2, 0.25) is 0 Å². The molecule has 1 aliphatic heterocycles. The summed E-state index contributed by atoms with van der Waals surface area (Å²) in [4.78, 5) is 9.56. The van der Waals surface area contributed by atoms with Gasteiger partial charge in [0, 0.05) is 32.0 Å². The van der Waals surface area contributed by atoms with Crippen molar-refractivity contribution < 1.29 is 0 Å². The Morgan fingerprint density at radius 2 is 2.09 bits per heavy atom. The highest BCUT2D eigenvalue weighted by atomic mass is 15.3. The van der Waals surface area contributed by atoms with E-state index >= 15 is 0 Å². The molecule has 1 aliphatic rings. The second kappa shape index (κ2) is 7.30. The smallest absolute Gasteiger partial charge is 0.154 e. The molecule has 3 heterocycles. The molecule has 0 unspecified atom stereocenters. The largest absolute Gasteiger partial charge is 0.355 e. The lowest BCUT2D eigenvalue weighted by Gasteiger charge is -2.34. The molecular weight excluding hydrogens is 286 g/mol. The Hall–Kier alpha value is -1.62. The van der Waals surface area contributed by atoms with Crippen molar-refractivity contribution in [1.29, 1.82) is 0 Å². The van der Waals surface area contributed by atoms with Crippen molar-refractivity contribution in [2.45, 2.75) is 39.5 Å². The van der Waals surface area contributed by atoms with E-state index in [0.29, 0.717) is 0 Å². The molecule has 23 heavy (non-hydrogen) atoms. The Kier molecular flexibility index (Phi) is 5.16. The lowest BCUT2D eigenvalue weighted by atomic mass is 9.96. The molecule has 0 bridgehead atoms. The molecule has 2 aromatic heterocycles. The number of nitrogens with zero attached hydrogens (tertiary/aromatic N) is 5. The normalized spacial score (nSPS) is 16.6. The number of piperidine rings is 1. The van der Waals surface area contributed by atoms with Crippen LogP contribution in [0.25, 0.3) is 5.52 Å². The number of hydrogen-bond donors (Lipinski definition) is 0. The summed E-state index contributed by atoms with van der Waals surface area (Å²) in [6, 6.07) is 2.13. The van der Waals surface area contributed by atoms with Gasteiger partial charge in [-0.15, -0.1) is 0 Å². The van der Waals surface area contributed by atoms with Crippen molar-refractivity contribution in [3.05, 3.63) is 24.2 Å². The van der Waals surface area contributed by atoms with E-state index in [1.165, 1.54) is 38.8 Å². The third-order valence-corrected chi connectivity index (χ3v) is 4.87. The van der Waals surface area contributed by atoms with E-state index in [9.17, 15) is 0 Å². The molecule has 126 valence electrons. The number of aromatic nitrogens is 3. The highest BCUT2D eigenvalue weighted by Gasteiger charge is 2.22. The summed E-state index contributed by atoms with van der Waals surface area (Å²) in [5.74, 6) is 1.91. The minimum Gasteiger partial charge on any atom is -0.355 e. The molecule has 1 fully saturated rings. The van der Waals surface area contributed by atoms with Gasteiger partial charge >= 0.3 is 0 Å². The van der Waals surface area contributed by atoms with Gasteiger partial charge in [-0.3, -0.25) is 0 Å². The highest BCUT2D eigenvalue weighted by Crippen LogP contribution is 2.26. The van der Waals surface area contributed by atoms with Crippen LogP contribution in [0.2, 0.25) is 0 Å². The van der Waals surface area contributed by atoms with Crippen LogP contribution in [0.5, 0.6) is 0 Å². The summed E-state index contributed by atoms with van der Waals surface area (Å²) in [5, 5.41) is 4.49. The number of hydrogen-bond acceptors (Lipinski definition) is 4. The van der Waals surface area contributed by atoms with Crippen LogP contribution in [0.4, 0.5) is 5.82 Å². The van der Waals surface area contributed by atoms with Crippen LogP contribution in [0.1, 0.15) is 38.3 Å².